The highest BCUT2D eigenvalue weighted by molar-refractivity contribution is 14.0. The van der Waals surface area contributed by atoms with E-state index in [1.54, 1.807) is 14.2 Å². The largest absolute Gasteiger partial charge is 0.383 e. The van der Waals surface area contributed by atoms with Crippen LogP contribution >= 0.6 is 24.0 Å². The molecule has 152 valence electrons. The molecule has 0 spiro atoms. The fourth-order valence-corrected chi connectivity index (χ4v) is 3.60. The highest BCUT2D eigenvalue weighted by Gasteiger charge is 2.42. The van der Waals surface area contributed by atoms with Crippen LogP contribution in [0, 0.1) is 11.6 Å². The van der Waals surface area contributed by atoms with Crippen molar-refractivity contribution in [3.8, 4) is 0 Å². The standard InChI is InChI=1S/C19H28F2N4O.HI/c1-22-19(23-13-6-8-25(9-7-13)10-11-26-2)24-17-12-14(17)18-15(20)4-3-5-16(18)21;/h3-5,13-14,17H,6-12H2,1-2H3,(H2,22,23,24);1H. The third-order valence-corrected chi connectivity index (χ3v) is 5.25. The van der Waals surface area contributed by atoms with E-state index in [1.165, 1.54) is 18.2 Å². The number of likely N-dealkylation sites (tertiary alicyclic amines) is 1. The quantitative estimate of drug-likeness (QED) is 0.363. The van der Waals surface area contributed by atoms with Crippen molar-refractivity contribution in [3.63, 3.8) is 0 Å². The number of nitrogens with one attached hydrogen (secondary N) is 2. The molecule has 0 radical (unpaired) electrons. The Kier molecular flexibility index (Phi) is 8.68. The molecule has 2 N–H and O–H groups in total. The van der Waals surface area contributed by atoms with Crippen molar-refractivity contribution in [2.24, 2.45) is 4.99 Å². The van der Waals surface area contributed by atoms with Crippen LogP contribution in [0.15, 0.2) is 23.2 Å². The van der Waals surface area contributed by atoms with Crippen molar-refractivity contribution < 1.29 is 13.5 Å². The number of benzene rings is 1. The Morgan fingerprint density at radius 3 is 2.48 bits per heavy atom. The molecule has 3 rings (SSSR count). The SMILES string of the molecule is CN=C(NC1CCN(CCOC)CC1)NC1CC1c1c(F)cccc1F.I. The van der Waals surface area contributed by atoms with Crippen molar-refractivity contribution in [2.45, 2.75) is 37.3 Å². The first-order valence-electron chi connectivity index (χ1n) is 9.27. The Hall–Kier alpha value is -1.000. The summed E-state index contributed by atoms with van der Waals surface area (Å²) < 4.78 is 32.9. The van der Waals surface area contributed by atoms with Gasteiger partial charge in [-0.1, -0.05) is 6.07 Å². The summed E-state index contributed by atoms with van der Waals surface area (Å²) in [5.41, 5.74) is 0.187. The van der Waals surface area contributed by atoms with Gasteiger partial charge in [0.05, 0.1) is 6.61 Å². The Balaban J connectivity index is 0.00000261. The summed E-state index contributed by atoms with van der Waals surface area (Å²) in [4.78, 5) is 6.68. The second-order valence-corrected chi connectivity index (χ2v) is 7.05. The van der Waals surface area contributed by atoms with Crippen LogP contribution in [0.3, 0.4) is 0 Å². The van der Waals surface area contributed by atoms with Crippen molar-refractivity contribution >= 4 is 29.9 Å². The van der Waals surface area contributed by atoms with E-state index in [-0.39, 0.29) is 41.5 Å². The number of hydrogen-bond acceptors (Lipinski definition) is 3. The molecule has 2 unspecified atom stereocenters. The topological polar surface area (TPSA) is 48.9 Å². The zero-order valence-corrected chi connectivity index (χ0v) is 18.2. The normalized spacial score (nSPS) is 23.6. The second-order valence-electron chi connectivity index (χ2n) is 7.05. The maximum atomic E-state index is 13.9. The summed E-state index contributed by atoms with van der Waals surface area (Å²) in [7, 11) is 3.45. The Morgan fingerprint density at radius 2 is 1.89 bits per heavy atom. The van der Waals surface area contributed by atoms with Gasteiger partial charge in [0.2, 0.25) is 0 Å². The molecule has 1 saturated heterocycles. The fraction of sp³-hybridized carbons (Fsp3) is 0.632. The Morgan fingerprint density at radius 1 is 1.22 bits per heavy atom. The predicted octanol–water partition coefficient (Wildman–Crippen LogP) is 2.71. The van der Waals surface area contributed by atoms with Gasteiger partial charge in [0, 0.05) is 57.4 Å². The summed E-state index contributed by atoms with van der Waals surface area (Å²) in [6.45, 7) is 3.79. The number of aliphatic imine (C=N–C) groups is 1. The van der Waals surface area contributed by atoms with E-state index in [4.69, 9.17) is 4.74 Å². The maximum Gasteiger partial charge on any atom is 0.191 e. The van der Waals surface area contributed by atoms with Crippen molar-refractivity contribution in [1.29, 1.82) is 0 Å². The molecule has 0 aromatic heterocycles. The molecule has 1 aliphatic carbocycles. The Bertz CT molecular complexity index is 618. The van der Waals surface area contributed by atoms with Crippen LogP contribution in [0.5, 0.6) is 0 Å². The molecule has 2 atom stereocenters. The van der Waals surface area contributed by atoms with Crippen LogP contribution in [0.4, 0.5) is 8.78 Å². The average molecular weight is 494 g/mol. The molecule has 2 aliphatic rings. The highest BCUT2D eigenvalue weighted by Crippen LogP contribution is 2.43. The third kappa shape index (κ3) is 5.99. The van der Waals surface area contributed by atoms with Gasteiger partial charge in [0.1, 0.15) is 11.6 Å². The zero-order valence-electron chi connectivity index (χ0n) is 15.9. The summed E-state index contributed by atoms with van der Waals surface area (Å²) >= 11 is 0. The first-order chi connectivity index (χ1) is 12.6. The van der Waals surface area contributed by atoms with Crippen LogP contribution in [-0.2, 0) is 4.74 Å². The lowest BCUT2D eigenvalue weighted by atomic mass is 10.1. The number of rotatable bonds is 6. The fourth-order valence-electron chi connectivity index (χ4n) is 3.60. The number of nitrogens with zero attached hydrogens (tertiary/aromatic N) is 2. The monoisotopic (exact) mass is 494 g/mol. The summed E-state index contributed by atoms with van der Waals surface area (Å²) in [6.07, 6.45) is 2.80. The number of halogens is 3. The molecule has 1 aromatic rings. The van der Waals surface area contributed by atoms with Gasteiger partial charge in [0.15, 0.2) is 5.96 Å². The van der Waals surface area contributed by atoms with Gasteiger partial charge in [-0.2, -0.15) is 0 Å². The van der Waals surface area contributed by atoms with Gasteiger partial charge in [-0.05, 0) is 31.4 Å². The van der Waals surface area contributed by atoms with Crippen molar-refractivity contribution in [2.75, 3.05) is 40.4 Å². The van der Waals surface area contributed by atoms with Crippen molar-refractivity contribution in [3.05, 3.63) is 35.4 Å². The first-order valence-corrected chi connectivity index (χ1v) is 9.27. The van der Waals surface area contributed by atoms with Crippen LogP contribution in [0.1, 0.15) is 30.7 Å². The molecule has 8 heteroatoms. The Labute approximate surface area is 177 Å². The number of guanidine groups is 1. The lowest BCUT2D eigenvalue weighted by molar-refractivity contribution is 0.128. The van der Waals surface area contributed by atoms with Gasteiger partial charge in [-0.15, -0.1) is 24.0 Å². The number of ether oxygens (including phenoxy) is 1. The minimum absolute atomic E-state index is 0. The molecule has 0 bridgehead atoms. The predicted molar refractivity (Wildman–Crippen MR) is 114 cm³/mol. The van der Waals surface area contributed by atoms with E-state index in [0.29, 0.717) is 18.4 Å². The zero-order chi connectivity index (χ0) is 18.5. The number of hydrogen-bond donors (Lipinski definition) is 2. The first kappa shape index (κ1) is 22.3. The second kappa shape index (κ2) is 10.5. The molecule has 5 nitrogen and oxygen atoms in total. The van der Waals surface area contributed by atoms with Gasteiger partial charge in [-0.25, -0.2) is 8.78 Å². The minimum Gasteiger partial charge on any atom is -0.383 e. The van der Waals surface area contributed by atoms with Crippen LogP contribution in [-0.4, -0.2) is 63.3 Å². The average Bonchev–Trinajstić information content (AvgIpc) is 3.39. The van der Waals surface area contributed by atoms with Gasteiger partial charge < -0.3 is 20.3 Å². The molecule has 1 saturated carbocycles. The molecule has 0 amide bonds. The molecular formula is C19H29F2IN4O. The summed E-state index contributed by atoms with van der Waals surface area (Å²) in [5, 5.41) is 6.76. The minimum atomic E-state index is -0.467. The van der Waals surface area contributed by atoms with E-state index in [2.05, 4.69) is 20.5 Å². The molecule has 1 aromatic carbocycles. The lowest BCUT2D eigenvalue weighted by Crippen LogP contribution is -2.49. The third-order valence-electron chi connectivity index (χ3n) is 5.25. The van der Waals surface area contributed by atoms with E-state index < -0.39 is 11.6 Å². The lowest BCUT2D eigenvalue weighted by Gasteiger charge is -2.32. The highest BCUT2D eigenvalue weighted by atomic mass is 127. The maximum absolute atomic E-state index is 13.9. The van der Waals surface area contributed by atoms with Crippen LogP contribution < -0.4 is 10.6 Å². The molecular weight excluding hydrogens is 465 g/mol. The van der Waals surface area contributed by atoms with Gasteiger partial charge in [0.25, 0.3) is 0 Å². The van der Waals surface area contributed by atoms with E-state index in [1.807, 2.05) is 0 Å². The molecule has 1 heterocycles. The smallest absolute Gasteiger partial charge is 0.191 e. The molecule has 27 heavy (non-hydrogen) atoms. The summed E-state index contributed by atoms with van der Waals surface area (Å²) in [5.74, 6) is -0.355. The summed E-state index contributed by atoms with van der Waals surface area (Å²) in [6, 6.07) is 4.42. The van der Waals surface area contributed by atoms with Crippen molar-refractivity contribution in [1.82, 2.24) is 15.5 Å². The van der Waals surface area contributed by atoms with Gasteiger partial charge in [-0.3, -0.25) is 4.99 Å². The number of piperidine rings is 1. The van der Waals surface area contributed by atoms with E-state index in [0.717, 1.165) is 39.1 Å². The van der Waals surface area contributed by atoms with E-state index >= 15 is 0 Å². The van der Waals surface area contributed by atoms with Crippen LogP contribution in [0.2, 0.25) is 0 Å². The molecule has 1 aliphatic heterocycles. The van der Waals surface area contributed by atoms with Gasteiger partial charge >= 0.3 is 0 Å². The van der Waals surface area contributed by atoms with E-state index in [9.17, 15) is 8.78 Å². The number of methoxy groups -OCH3 is 1. The van der Waals surface area contributed by atoms with Crippen LogP contribution in [0.25, 0.3) is 0 Å². The molecule has 2 fully saturated rings.